The van der Waals surface area contributed by atoms with E-state index in [9.17, 15) is 4.79 Å². The predicted molar refractivity (Wildman–Crippen MR) is 96.6 cm³/mol. The molecule has 1 N–H and O–H groups in total. The first kappa shape index (κ1) is 16.5. The Kier molecular flexibility index (Phi) is 4.57. The summed E-state index contributed by atoms with van der Waals surface area (Å²) in [6.45, 7) is 4.03. The molecule has 0 amide bonds. The van der Waals surface area contributed by atoms with Crippen molar-refractivity contribution in [1.29, 1.82) is 0 Å². The minimum atomic E-state index is -0.336. The minimum absolute atomic E-state index is 0.0665. The van der Waals surface area contributed by atoms with E-state index in [1.165, 1.54) is 12.7 Å². The zero-order valence-electron chi connectivity index (χ0n) is 13.8. The van der Waals surface area contributed by atoms with Crippen LogP contribution in [0.25, 0.3) is 22.6 Å². The van der Waals surface area contributed by atoms with Crippen LogP contribution in [0.3, 0.4) is 0 Å². The van der Waals surface area contributed by atoms with Gasteiger partial charge in [-0.1, -0.05) is 23.8 Å². The van der Waals surface area contributed by atoms with Gasteiger partial charge in [-0.3, -0.25) is 9.48 Å². The average molecular weight is 388 g/mol. The molecule has 0 bridgehead atoms. The number of esters is 1. The Balaban J connectivity index is 2.02. The molecule has 2 heterocycles. The van der Waals surface area contributed by atoms with E-state index in [2.05, 4.69) is 51.1 Å². The highest BCUT2D eigenvalue weighted by molar-refractivity contribution is 9.10. The maximum absolute atomic E-state index is 11.6. The Morgan fingerprint density at radius 2 is 2.00 bits per heavy atom. The second-order valence-corrected chi connectivity index (χ2v) is 6.43. The van der Waals surface area contributed by atoms with Gasteiger partial charge in [0.15, 0.2) is 0 Å². The Labute approximate surface area is 148 Å². The van der Waals surface area contributed by atoms with Gasteiger partial charge in [-0.2, -0.15) is 5.10 Å². The van der Waals surface area contributed by atoms with E-state index in [-0.39, 0.29) is 12.5 Å². The van der Waals surface area contributed by atoms with Crippen LogP contribution in [0.1, 0.15) is 11.3 Å². The molecule has 3 rings (SSSR count). The highest BCUT2D eigenvalue weighted by atomic mass is 79.9. The van der Waals surface area contributed by atoms with Crippen molar-refractivity contribution in [2.45, 2.75) is 20.4 Å². The van der Waals surface area contributed by atoms with E-state index >= 15 is 0 Å². The van der Waals surface area contributed by atoms with Crippen molar-refractivity contribution in [1.82, 2.24) is 14.8 Å². The van der Waals surface area contributed by atoms with Gasteiger partial charge in [-0.15, -0.1) is 0 Å². The number of H-pyrrole nitrogens is 1. The first-order valence-corrected chi connectivity index (χ1v) is 8.35. The lowest BCUT2D eigenvalue weighted by Gasteiger charge is -2.06. The van der Waals surface area contributed by atoms with E-state index in [0.717, 1.165) is 32.8 Å². The van der Waals surface area contributed by atoms with Crippen molar-refractivity contribution < 1.29 is 9.53 Å². The number of carbonyl (C=O) groups is 1. The van der Waals surface area contributed by atoms with Gasteiger partial charge in [0.25, 0.3) is 0 Å². The number of aryl methyl sites for hydroxylation is 2. The molecule has 0 aliphatic heterocycles. The molecular formula is C18H18BrN3O2. The van der Waals surface area contributed by atoms with Gasteiger partial charge in [0.1, 0.15) is 6.54 Å². The number of nitrogens with one attached hydrogen (secondary N) is 1. The van der Waals surface area contributed by atoms with Gasteiger partial charge in [-0.25, -0.2) is 0 Å². The van der Waals surface area contributed by atoms with Crippen LogP contribution in [0.4, 0.5) is 0 Å². The smallest absolute Gasteiger partial charge is 0.327 e. The number of ether oxygens (including phenoxy) is 1. The van der Waals surface area contributed by atoms with Crippen LogP contribution in [-0.2, 0) is 16.1 Å². The van der Waals surface area contributed by atoms with E-state index in [0.29, 0.717) is 0 Å². The minimum Gasteiger partial charge on any atom is -0.468 e. The summed E-state index contributed by atoms with van der Waals surface area (Å²) in [5.41, 5.74) is 5.88. The van der Waals surface area contributed by atoms with E-state index < -0.39 is 0 Å². The number of methoxy groups -OCH3 is 1. The monoisotopic (exact) mass is 387 g/mol. The molecule has 6 heteroatoms. The summed E-state index contributed by atoms with van der Waals surface area (Å²) < 4.78 is 7.27. The standard InChI is InChI=1S/C18H18BrN3O2/c1-11-5-4-6-13(9-11)14-7-8-15(20-14)18-17(19)12(2)21-22(18)10-16(23)24-3/h4-9,20H,10H2,1-3H3. The third kappa shape index (κ3) is 3.14. The first-order chi connectivity index (χ1) is 11.5. The maximum atomic E-state index is 11.6. The van der Waals surface area contributed by atoms with Crippen LogP contribution >= 0.6 is 15.9 Å². The van der Waals surface area contributed by atoms with Crippen molar-refractivity contribution in [2.24, 2.45) is 0 Å². The van der Waals surface area contributed by atoms with E-state index in [4.69, 9.17) is 4.74 Å². The van der Waals surface area contributed by atoms with Crippen LogP contribution in [0.2, 0.25) is 0 Å². The van der Waals surface area contributed by atoms with Crippen molar-refractivity contribution in [3.63, 3.8) is 0 Å². The number of nitrogens with zero attached hydrogens (tertiary/aromatic N) is 2. The molecule has 0 aliphatic carbocycles. The summed E-state index contributed by atoms with van der Waals surface area (Å²) in [7, 11) is 1.37. The number of aromatic amines is 1. The number of benzene rings is 1. The lowest BCUT2D eigenvalue weighted by atomic mass is 10.1. The van der Waals surface area contributed by atoms with Gasteiger partial charge in [0.05, 0.1) is 28.7 Å². The molecule has 2 aromatic heterocycles. The fraction of sp³-hybridized carbons (Fsp3) is 0.222. The second kappa shape index (κ2) is 6.65. The molecule has 0 spiro atoms. The van der Waals surface area contributed by atoms with Crippen LogP contribution in [0, 0.1) is 13.8 Å². The third-order valence-corrected chi connectivity index (χ3v) is 4.78. The number of halogens is 1. The van der Waals surface area contributed by atoms with Crippen LogP contribution in [0.15, 0.2) is 40.9 Å². The molecule has 1 aromatic carbocycles. The molecule has 0 atom stereocenters. The quantitative estimate of drug-likeness (QED) is 0.685. The fourth-order valence-electron chi connectivity index (χ4n) is 2.63. The van der Waals surface area contributed by atoms with Crippen LogP contribution in [0.5, 0.6) is 0 Å². The van der Waals surface area contributed by atoms with Crippen molar-refractivity contribution >= 4 is 21.9 Å². The Morgan fingerprint density at radius 1 is 1.25 bits per heavy atom. The Hall–Kier alpha value is -2.34. The Morgan fingerprint density at radius 3 is 2.71 bits per heavy atom. The molecule has 0 fully saturated rings. The molecule has 0 saturated heterocycles. The molecule has 3 aromatic rings. The zero-order chi connectivity index (χ0) is 17.3. The number of carbonyl (C=O) groups excluding carboxylic acids is 1. The van der Waals surface area contributed by atoms with Crippen molar-refractivity contribution in [3.8, 4) is 22.6 Å². The summed E-state index contributed by atoms with van der Waals surface area (Å²) in [6, 6.07) is 12.3. The number of rotatable bonds is 4. The number of aromatic nitrogens is 3. The largest absolute Gasteiger partial charge is 0.468 e. The van der Waals surface area contributed by atoms with Gasteiger partial charge in [0.2, 0.25) is 0 Å². The Bertz CT molecular complexity index is 896. The van der Waals surface area contributed by atoms with Gasteiger partial charge in [0, 0.05) is 5.69 Å². The molecule has 24 heavy (non-hydrogen) atoms. The van der Waals surface area contributed by atoms with E-state index in [1.807, 2.05) is 25.1 Å². The maximum Gasteiger partial charge on any atom is 0.327 e. The molecule has 0 aliphatic rings. The van der Waals surface area contributed by atoms with Gasteiger partial charge in [-0.05, 0) is 53.5 Å². The predicted octanol–water partition coefficient (Wildman–Crippen LogP) is 4.10. The zero-order valence-corrected chi connectivity index (χ0v) is 15.3. The molecule has 0 radical (unpaired) electrons. The average Bonchev–Trinajstić information content (AvgIpc) is 3.13. The van der Waals surface area contributed by atoms with Gasteiger partial charge >= 0.3 is 5.97 Å². The number of hydrogen-bond acceptors (Lipinski definition) is 3. The lowest BCUT2D eigenvalue weighted by Crippen LogP contribution is -2.13. The summed E-state index contributed by atoms with van der Waals surface area (Å²) in [5.74, 6) is -0.336. The third-order valence-electron chi connectivity index (χ3n) is 3.83. The highest BCUT2D eigenvalue weighted by Gasteiger charge is 2.18. The normalized spacial score (nSPS) is 10.8. The van der Waals surface area contributed by atoms with Crippen molar-refractivity contribution in [2.75, 3.05) is 7.11 Å². The van der Waals surface area contributed by atoms with Crippen LogP contribution < -0.4 is 0 Å². The summed E-state index contributed by atoms with van der Waals surface area (Å²) in [5, 5.41) is 4.42. The first-order valence-electron chi connectivity index (χ1n) is 7.55. The molecule has 124 valence electrons. The van der Waals surface area contributed by atoms with E-state index in [1.54, 1.807) is 4.68 Å². The molecule has 0 saturated carbocycles. The number of hydrogen-bond donors (Lipinski definition) is 1. The topological polar surface area (TPSA) is 59.9 Å². The lowest BCUT2D eigenvalue weighted by molar-refractivity contribution is -0.141. The molecular weight excluding hydrogens is 370 g/mol. The van der Waals surface area contributed by atoms with Crippen LogP contribution in [-0.4, -0.2) is 27.8 Å². The van der Waals surface area contributed by atoms with Gasteiger partial charge < -0.3 is 9.72 Å². The summed E-state index contributed by atoms with van der Waals surface area (Å²) >= 11 is 3.57. The highest BCUT2D eigenvalue weighted by Crippen LogP contribution is 2.32. The fourth-order valence-corrected chi connectivity index (χ4v) is 3.13. The second-order valence-electron chi connectivity index (χ2n) is 5.64. The molecule has 5 nitrogen and oxygen atoms in total. The summed E-state index contributed by atoms with van der Waals surface area (Å²) in [6.07, 6.45) is 0. The van der Waals surface area contributed by atoms with Crippen molar-refractivity contribution in [3.05, 3.63) is 52.1 Å². The summed E-state index contributed by atoms with van der Waals surface area (Å²) in [4.78, 5) is 15.1. The SMILES string of the molecule is COC(=O)Cn1nc(C)c(Br)c1-c1ccc(-c2cccc(C)c2)[nH]1. The molecule has 0 unspecified atom stereocenters.